The lowest BCUT2D eigenvalue weighted by Crippen LogP contribution is -2.30. The molecule has 34 heavy (non-hydrogen) atoms. The zero-order chi connectivity index (χ0) is 24.6. The number of nitrogens with one attached hydrogen (secondary N) is 1. The van der Waals surface area contributed by atoms with Crippen molar-refractivity contribution in [3.8, 4) is 0 Å². The number of imidazole rings is 1. The van der Waals surface area contributed by atoms with Crippen LogP contribution in [-0.2, 0) is 24.1 Å². The van der Waals surface area contributed by atoms with E-state index >= 15 is 0 Å². The number of ether oxygens (including phenoxy) is 1. The third-order valence-corrected chi connectivity index (χ3v) is 7.66. The van der Waals surface area contributed by atoms with E-state index in [2.05, 4.69) is 37.2 Å². The molecule has 3 aromatic rings. The molecule has 10 heteroatoms. The molecule has 1 atom stereocenters. The van der Waals surface area contributed by atoms with E-state index in [9.17, 15) is 14.4 Å². The van der Waals surface area contributed by atoms with E-state index in [4.69, 9.17) is 16.3 Å². The Morgan fingerprint density at radius 2 is 1.88 bits per heavy atom. The number of amides is 1. The molecular formula is C24H24Br2ClN3O4. The molecule has 0 saturated carbocycles. The number of alkyl halides is 2. The van der Waals surface area contributed by atoms with Crippen LogP contribution in [0.4, 0.5) is 5.69 Å². The fourth-order valence-electron chi connectivity index (χ4n) is 4.55. The van der Waals surface area contributed by atoms with Crippen molar-refractivity contribution in [2.24, 2.45) is 0 Å². The Bertz CT molecular complexity index is 1330. The number of hydrogen-bond acceptors (Lipinski definition) is 4. The zero-order valence-electron chi connectivity index (χ0n) is 18.7. The summed E-state index contributed by atoms with van der Waals surface area (Å²) in [5.41, 5.74) is 3.23. The van der Waals surface area contributed by atoms with Gasteiger partial charge in [0.15, 0.2) is 3.23 Å². The number of nitrogens with zero attached hydrogens (tertiary/aromatic N) is 2. The molecule has 0 fully saturated rings. The van der Waals surface area contributed by atoms with Crippen LogP contribution in [0.3, 0.4) is 0 Å². The van der Waals surface area contributed by atoms with Crippen molar-refractivity contribution >= 4 is 72.1 Å². The van der Waals surface area contributed by atoms with E-state index in [1.807, 2.05) is 31.2 Å². The minimum Gasteiger partial charge on any atom is -0.466 e. The SMILES string of the molecule is CCCC(CC(=O)OCC)n1c(=O)n(Cc2cc(Cl)cc3c2C(Br)(Br)C(=O)N3)c2ccccc21. The number of fused-ring (bicyclic) bond motifs is 2. The number of esters is 1. The second kappa shape index (κ2) is 9.87. The molecule has 0 bridgehead atoms. The molecule has 2 aromatic carbocycles. The minimum absolute atomic E-state index is 0.118. The molecule has 0 radical (unpaired) electrons. The Hall–Kier alpha value is -2.10. The van der Waals surface area contributed by atoms with Gasteiger partial charge in [-0.1, -0.05) is 68.9 Å². The van der Waals surface area contributed by atoms with Gasteiger partial charge < -0.3 is 10.1 Å². The minimum atomic E-state index is -1.12. The smallest absolute Gasteiger partial charge is 0.329 e. The molecule has 1 amide bonds. The largest absolute Gasteiger partial charge is 0.466 e. The highest BCUT2D eigenvalue weighted by atomic mass is 79.9. The monoisotopic (exact) mass is 611 g/mol. The van der Waals surface area contributed by atoms with Crippen LogP contribution in [0.5, 0.6) is 0 Å². The highest BCUT2D eigenvalue weighted by Gasteiger charge is 2.44. The van der Waals surface area contributed by atoms with Crippen molar-refractivity contribution in [1.29, 1.82) is 0 Å². The van der Waals surface area contributed by atoms with Crippen LogP contribution in [0, 0.1) is 0 Å². The Morgan fingerprint density at radius 1 is 1.18 bits per heavy atom. The lowest BCUT2D eigenvalue weighted by molar-refractivity contribution is -0.144. The quantitative estimate of drug-likeness (QED) is 0.261. The van der Waals surface area contributed by atoms with Crippen molar-refractivity contribution in [1.82, 2.24) is 9.13 Å². The molecule has 1 N–H and O–H groups in total. The van der Waals surface area contributed by atoms with Crippen molar-refractivity contribution in [2.45, 2.75) is 48.9 Å². The van der Waals surface area contributed by atoms with Crippen LogP contribution in [-0.4, -0.2) is 27.6 Å². The molecule has 1 aliphatic heterocycles. The van der Waals surface area contributed by atoms with Gasteiger partial charge in [-0.15, -0.1) is 0 Å². The zero-order valence-corrected chi connectivity index (χ0v) is 22.7. The van der Waals surface area contributed by atoms with E-state index < -0.39 is 3.23 Å². The molecule has 0 aliphatic carbocycles. The fourth-order valence-corrected chi connectivity index (χ4v) is 5.92. The van der Waals surface area contributed by atoms with Crippen LogP contribution in [0.15, 0.2) is 41.2 Å². The first-order valence-corrected chi connectivity index (χ1v) is 13.0. The molecule has 2 heterocycles. The van der Waals surface area contributed by atoms with Gasteiger partial charge in [-0.3, -0.25) is 18.7 Å². The average Bonchev–Trinajstić information content (AvgIpc) is 3.17. The lowest BCUT2D eigenvalue weighted by Gasteiger charge is -2.18. The van der Waals surface area contributed by atoms with Gasteiger partial charge >= 0.3 is 11.7 Å². The van der Waals surface area contributed by atoms with Gasteiger partial charge in [0.25, 0.3) is 5.91 Å². The number of para-hydroxylation sites is 2. The van der Waals surface area contributed by atoms with E-state index in [0.29, 0.717) is 29.3 Å². The molecule has 4 rings (SSSR count). The molecular weight excluding hydrogens is 590 g/mol. The highest BCUT2D eigenvalue weighted by molar-refractivity contribution is 9.25. The number of halogens is 3. The summed E-state index contributed by atoms with van der Waals surface area (Å²) in [6.45, 7) is 4.28. The van der Waals surface area contributed by atoms with Crippen molar-refractivity contribution < 1.29 is 14.3 Å². The maximum atomic E-state index is 13.8. The Labute approximate surface area is 218 Å². The number of aromatic nitrogens is 2. The summed E-state index contributed by atoms with van der Waals surface area (Å²) >= 11 is 13.3. The van der Waals surface area contributed by atoms with Crippen molar-refractivity contribution in [2.75, 3.05) is 11.9 Å². The highest BCUT2D eigenvalue weighted by Crippen LogP contribution is 2.50. The number of benzene rings is 2. The normalized spacial score (nSPS) is 15.3. The van der Waals surface area contributed by atoms with Gasteiger partial charge in [-0.2, -0.15) is 0 Å². The van der Waals surface area contributed by atoms with Gasteiger partial charge in [-0.05, 0) is 43.2 Å². The third-order valence-electron chi connectivity index (χ3n) is 5.92. The lowest BCUT2D eigenvalue weighted by atomic mass is 10.0. The number of hydrogen-bond donors (Lipinski definition) is 1. The third kappa shape index (κ3) is 4.45. The predicted octanol–water partition coefficient (Wildman–Crippen LogP) is 5.69. The fraction of sp³-hybridized carbons (Fsp3) is 0.375. The van der Waals surface area contributed by atoms with Crippen LogP contribution < -0.4 is 11.0 Å². The van der Waals surface area contributed by atoms with Crippen molar-refractivity contribution in [3.63, 3.8) is 0 Å². The summed E-state index contributed by atoms with van der Waals surface area (Å²) in [4.78, 5) is 38.6. The second-order valence-electron chi connectivity index (χ2n) is 8.20. The van der Waals surface area contributed by atoms with Crippen LogP contribution in [0.2, 0.25) is 5.02 Å². The number of anilines is 1. The van der Waals surface area contributed by atoms with Crippen LogP contribution >= 0.6 is 43.5 Å². The number of carbonyl (C=O) groups excluding carboxylic acids is 2. The average molecular weight is 614 g/mol. The van der Waals surface area contributed by atoms with Crippen LogP contribution in [0.25, 0.3) is 11.0 Å². The van der Waals surface area contributed by atoms with E-state index in [-0.39, 0.29) is 36.6 Å². The summed E-state index contributed by atoms with van der Waals surface area (Å²) in [7, 11) is 0. The van der Waals surface area contributed by atoms with E-state index in [0.717, 1.165) is 23.0 Å². The standard InChI is InChI=1S/C24H24Br2ClN3O4/c1-3-7-16(12-20(31)34-4-2)30-19-9-6-5-8-18(19)29(23(30)33)13-14-10-15(27)11-17-21(14)24(25,26)22(32)28-17/h5-6,8-11,16H,3-4,7,12-13H2,1-2H3,(H,28,32). The number of rotatable bonds is 8. The van der Waals surface area contributed by atoms with Crippen molar-refractivity contribution in [3.05, 3.63) is 63.0 Å². The second-order valence-corrected chi connectivity index (χ2v) is 12.1. The Balaban J connectivity index is 1.86. The van der Waals surface area contributed by atoms with Gasteiger partial charge in [0.05, 0.1) is 30.6 Å². The molecule has 0 spiro atoms. The summed E-state index contributed by atoms with van der Waals surface area (Å²) < 4.78 is 7.40. The molecule has 1 unspecified atom stereocenters. The maximum Gasteiger partial charge on any atom is 0.329 e. The van der Waals surface area contributed by atoms with E-state index in [1.54, 1.807) is 28.2 Å². The first kappa shape index (κ1) is 25.0. The van der Waals surface area contributed by atoms with Gasteiger partial charge in [0, 0.05) is 22.3 Å². The Kier molecular flexibility index (Phi) is 7.26. The molecule has 7 nitrogen and oxygen atoms in total. The first-order chi connectivity index (χ1) is 16.2. The van der Waals surface area contributed by atoms with Gasteiger partial charge in [-0.25, -0.2) is 4.79 Å². The maximum absolute atomic E-state index is 13.8. The first-order valence-electron chi connectivity index (χ1n) is 11.1. The van der Waals surface area contributed by atoms with Gasteiger partial charge in [0.2, 0.25) is 0 Å². The summed E-state index contributed by atoms with van der Waals surface area (Å²) in [5, 5.41) is 3.27. The molecule has 0 saturated heterocycles. The van der Waals surface area contributed by atoms with Crippen LogP contribution in [0.1, 0.15) is 50.3 Å². The summed E-state index contributed by atoms with van der Waals surface area (Å²) in [5.74, 6) is -0.594. The Morgan fingerprint density at radius 3 is 2.56 bits per heavy atom. The van der Waals surface area contributed by atoms with E-state index in [1.165, 1.54) is 0 Å². The molecule has 1 aliphatic rings. The topological polar surface area (TPSA) is 82.3 Å². The van der Waals surface area contributed by atoms with Gasteiger partial charge in [0.1, 0.15) is 0 Å². The summed E-state index contributed by atoms with van der Waals surface area (Å²) in [6, 6.07) is 10.6. The summed E-state index contributed by atoms with van der Waals surface area (Å²) in [6.07, 6.45) is 1.58. The number of carbonyl (C=O) groups is 2. The molecule has 1 aromatic heterocycles. The predicted molar refractivity (Wildman–Crippen MR) is 140 cm³/mol. The molecule has 180 valence electrons.